The predicted octanol–water partition coefficient (Wildman–Crippen LogP) is 3.51. The summed E-state index contributed by atoms with van der Waals surface area (Å²) in [4.78, 5) is 11.2. The third-order valence-corrected chi connectivity index (χ3v) is 4.02. The summed E-state index contributed by atoms with van der Waals surface area (Å²) in [5.74, 6) is 2.58. The molecule has 0 aliphatic rings. The number of hydrogen-bond donors (Lipinski definition) is 1. The molecule has 0 spiro atoms. The van der Waals surface area contributed by atoms with Crippen LogP contribution in [0.2, 0.25) is 0 Å². The Morgan fingerprint density at radius 3 is 2.83 bits per heavy atom. The molecule has 0 aliphatic heterocycles. The van der Waals surface area contributed by atoms with Crippen LogP contribution in [0.3, 0.4) is 0 Å². The van der Waals surface area contributed by atoms with Crippen molar-refractivity contribution in [1.82, 2.24) is 20.4 Å². The van der Waals surface area contributed by atoms with Gasteiger partial charge in [-0.15, -0.1) is 24.0 Å². The molecule has 24 heavy (non-hydrogen) atoms. The van der Waals surface area contributed by atoms with Crippen LogP contribution in [0.5, 0.6) is 0 Å². The van der Waals surface area contributed by atoms with Gasteiger partial charge >= 0.3 is 0 Å². The lowest BCUT2D eigenvalue weighted by atomic mass is 10.2. The van der Waals surface area contributed by atoms with Crippen LogP contribution in [0.25, 0.3) is 0 Å². The molecule has 2 aromatic rings. The molecular weight excluding hydrogens is 437 g/mol. The van der Waals surface area contributed by atoms with Gasteiger partial charge < -0.3 is 14.7 Å². The number of rotatable bonds is 7. The fraction of sp³-hybridized carbons (Fsp3) is 0.562. The first-order valence-electron chi connectivity index (χ1n) is 7.93. The number of aliphatic imine (C=N–C) groups is 1. The van der Waals surface area contributed by atoms with Crippen LogP contribution >= 0.6 is 35.3 Å². The summed E-state index contributed by atoms with van der Waals surface area (Å²) in [5.41, 5.74) is 1.29. The van der Waals surface area contributed by atoms with E-state index in [9.17, 15) is 0 Å². The highest BCUT2D eigenvalue weighted by Crippen LogP contribution is 2.10. The number of thiophene rings is 1. The molecule has 0 aliphatic carbocycles. The number of nitrogens with zero attached hydrogens (tertiary/aromatic N) is 4. The maximum Gasteiger partial charge on any atom is 0.228 e. The molecule has 0 saturated carbocycles. The second kappa shape index (κ2) is 10.7. The van der Waals surface area contributed by atoms with E-state index in [2.05, 4.69) is 62.9 Å². The summed E-state index contributed by atoms with van der Waals surface area (Å²) < 4.78 is 5.25. The lowest BCUT2D eigenvalue weighted by Crippen LogP contribution is -2.38. The molecular formula is C16H26IN5OS. The van der Waals surface area contributed by atoms with E-state index >= 15 is 0 Å². The third-order valence-electron chi connectivity index (χ3n) is 3.28. The van der Waals surface area contributed by atoms with E-state index < -0.39 is 0 Å². The zero-order chi connectivity index (χ0) is 16.7. The smallest absolute Gasteiger partial charge is 0.228 e. The Hall–Kier alpha value is -1.16. The summed E-state index contributed by atoms with van der Waals surface area (Å²) in [6.45, 7) is 8.47. The Kier molecular flexibility index (Phi) is 9.27. The molecule has 0 atom stereocenters. The van der Waals surface area contributed by atoms with E-state index in [0.29, 0.717) is 18.9 Å². The van der Waals surface area contributed by atoms with Crippen LogP contribution in [0.4, 0.5) is 0 Å². The first-order chi connectivity index (χ1) is 11.1. The molecule has 8 heteroatoms. The van der Waals surface area contributed by atoms with Gasteiger partial charge in [0.25, 0.3) is 0 Å². The van der Waals surface area contributed by atoms with Gasteiger partial charge in [-0.2, -0.15) is 16.3 Å². The van der Waals surface area contributed by atoms with Gasteiger partial charge in [-0.25, -0.2) is 0 Å². The Balaban J connectivity index is 0.00000288. The summed E-state index contributed by atoms with van der Waals surface area (Å²) >= 11 is 1.71. The molecule has 0 unspecified atom stereocenters. The molecule has 0 aromatic carbocycles. The van der Waals surface area contributed by atoms with Gasteiger partial charge in [-0.3, -0.25) is 4.99 Å². The minimum Gasteiger partial charge on any atom is -0.357 e. The van der Waals surface area contributed by atoms with Crippen molar-refractivity contribution in [3.63, 3.8) is 0 Å². The molecule has 2 aromatic heterocycles. The Morgan fingerprint density at radius 1 is 1.46 bits per heavy atom. The summed E-state index contributed by atoms with van der Waals surface area (Å²) in [6.07, 6.45) is 0.654. The average Bonchev–Trinajstić information content (AvgIpc) is 3.17. The number of guanidine groups is 1. The molecule has 2 heterocycles. The van der Waals surface area contributed by atoms with Crippen LogP contribution in [-0.2, 0) is 13.0 Å². The van der Waals surface area contributed by atoms with Gasteiger partial charge in [0.2, 0.25) is 5.89 Å². The van der Waals surface area contributed by atoms with Gasteiger partial charge in [-0.05, 0) is 29.3 Å². The monoisotopic (exact) mass is 463 g/mol. The molecule has 0 amide bonds. The van der Waals surface area contributed by atoms with Crippen LogP contribution in [0, 0.1) is 0 Å². The van der Waals surface area contributed by atoms with Gasteiger partial charge in [0.1, 0.15) is 0 Å². The van der Waals surface area contributed by atoms with Gasteiger partial charge in [0, 0.05) is 32.5 Å². The lowest BCUT2D eigenvalue weighted by Gasteiger charge is -2.21. The Labute approximate surface area is 164 Å². The van der Waals surface area contributed by atoms with Crippen molar-refractivity contribution in [2.45, 2.75) is 39.7 Å². The second-order valence-electron chi connectivity index (χ2n) is 5.67. The highest BCUT2D eigenvalue weighted by molar-refractivity contribution is 14.0. The number of aromatic nitrogens is 2. The fourth-order valence-electron chi connectivity index (χ4n) is 2.06. The van der Waals surface area contributed by atoms with Crippen molar-refractivity contribution in [1.29, 1.82) is 0 Å². The van der Waals surface area contributed by atoms with Crippen molar-refractivity contribution in [3.05, 3.63) is 34.1 Å². The molecule has 2 rings (SSSR count). The van der Waals surface area contributed by atoms with Crippen LogP contribution < -0.4 is 5.32 Å². The lowest BCUT2D eigenvalue weighted by molar-refractivity contribution is 0.372. The maximum atomic E-state index is 5.25. The van der Waals surface area contributed by atoms with E-state index in [4.69, 9.17) is 4.52 Å². The molecule has 0 radical (unpaired) electrons. The van der Waals surface area contributed by atoms with Crippen molar-refractivity contribution in [3.8, 4) is 0 Å². The number of nitrogens with one attached hydrogen (secondary N) is 1. The van der Waals surface area contributed by atoms with Crippen LogP contribution in [0.15, 0.2) is 26.3 Å². The van der Waals surface area contributed by atoms with E-state index in [1.54, 1.807) is 11.3 Å². The second-order valence-corrected chi connectivity index (χ2v) is 6.45. The first-order valence-corrected chi connectivity index (χ1v) is 8.87. The normalized spacial score (nSPS) is 11.5. The van der Waals surface area contributed by atoms with Gasteiger partial charge in [0.15, 0.2) is 11.8 Å². The van der Waals surface area contributed by atoms with Crippen molar-refractivity contribution < 1.29 is 4.52 Å². The van der Waals surface area contributed by atoms with Gasteiger partial charge in [0.05, 0.1) is 6.54 Å². The summed E-state index contributed by atoms with van der Waals surface area (Å²) in [6, 6.07) is 2.14. The van der Waals surface area contributed by atoms with Crippen molar-refractivity contribution in [2.24, 2.45) is 4.99 Å². The number of hydrogen-bond acceptors (Lipinski definition) is 5. The van der Waals surface area contributed by atoms with Crippen molar-refractivity contribution in [2.75, 3.05) is 20.1 Å². The predicted molar refractivity (Wildman–Crippen MR) is 109 cm³/mol. The van der Waals surface area contributed by atoms with E-state index in [1.807, 2.05) is 7.05 Å². The zero-order valence-corrected chi connectivity index (χ0v) is 17.8. The molecule has 6 nitrogen and oxygen atoms in total. The van der Waals surface area contributed by atoms with E-state index in [0.717, 1.165) is 24.9 Å². The average molecular weight is 463 g/mol. The molecule has 0 fully saturated rings. The molecule has 134 valence electrons. The standard InChI is InChI=1S/C16H25N5OS.HI/c1-5-17-16(21(4)10-13-7-9-23-11-13)18-8-6-14-19-15(12(2)3)20-22-14;/h7,9,11-12H,5-6,8,10H2,1-4H3,(H,17,18);1H. The number of halogens is 1. The molecule has 0 bridgehead atoms. The Bertz CT molecular complexity index is 612. The highest BCUT2D eigenvalue weighted by atomic mass is 127. The largest absolute Gasteiger partial charge is 0.357 e. The van der Waals surface area contributed by atoms with Crippen LogP contribution in [-0.4, -0.2) is 41.1 Å². The highest BCUT2D eigenvalue weighted by Gasteiger charge is 2.10. The minimum atomic E-state index is 0. The first kappa shape index (κ1) is 20.9. The topological polar surface area (TPSA) is 66.5 Å². The minimum absolute atomic E-state index is 0. The Morgan fingerprint density at radius 2 is 2.25 bits per heavy atom. The molecule has 0 saturated heterocycles. The zero-order valence-electron chi connectivity index (χ0n) is 14.7. The van der Waals surface area contributed by atoms with E-state index in [-0.39, 0.29) is 29.9 Å². The van der Waals surface area contributed by atoms with Crippen LogP contribution in [0.1, 0.15) is 44.0 Å². The fourth-order valence-corrected chi connectivity index (χ4v) is 2.72. The van der Waals surface area contributed by atoms with E-state index in [1.165, 1.54) is 5.56 Å². The third kappa shape index (κ3) is 6.39. The van der Waals surface area contributed by atoms with Crippen molar-refractivity contribution >= 4 is 41.3 Å². The molecule has 1 N–H and O–H groups in total. The maximum absolute atomic E-state index is 5.25. The summed E-state index contributed by atoms with van der Waals surface area (Å²) in [5, 5.41) is 11.5. The van der Waals surface area contributed by atoms with Gasteiger partial charge in [-0.1, -0.05) is 19.0 Å². The summed E-state index contributed by atoms with van der Waals surface area (Å²) in [7, 11) is 2.04. The quantitative estimate of drug-likeness (QED) is 0.387. The SMILES string of the molecule is CCNC(=NCCc1nc(C(C)C)no1)N(C)Cc1ccsc1.I.